The zero-order chi connectivity index (χ0) is 17.0. The van der Waals surface area contributed by atoms with E-state index >= 15 is 0 Å². The highest BCUT2D eigenvalue weighted by Gasteiger charge is 2.19. The van der Waals surface area contributed by atoms with Crippen molar-refractivity contribution >= 4 is 10.0 Å². The maximum absolute atomic E-state index is 12.5. The lowest BCUT2D eigenvalue weighted by molar-refractivity contribution is 0.402. The maximum atomic E-state index is 12.5. The number of nitrogens with one attached hydrogen (secondary N) is 1. The van der Waals surface area contributed by atoms with Gasteiger partial charge in [-0.25, -0.2) is 13.1 Å². The van der Waals surface area contributed by atoms with Crippen molar-refractivity contribution in [2.75, 3.05) is 14.2 Å². The first-order chi connectivity index (χ1) is 10.9. The average Bonchev–Trinajstić information content (AvgIpc) is 2.53. The van der Waals surface area contributed by atoms with Crippen LogP contribution in [0.15, 0.2) is 41.3 Å². The van der Waals surface area contributed by atoms with E-state index in [0.29, 0.717) is 5.75 Å². The summed E-state index contributed by atoms with van der Waals surface area (Å²) < 4.78 is 38.0. The van der Waals surface area contributed by atoms with Gasteiger partial charge in [0.1, 0.15) is 16.4 Å². The standard InChI is InChI=1S/C17H21NO4S/c1-12-5-7-16(22-4)17(9-12)23(19,20)18-11-14-6-8-15(21-3)13(2)10-14/h5-10,18H,11H2,1-4H3. The summed E-state index contributed by atoms with van der Waals surface area (Å²) in [6, 6.07) is 10.6. The third-order valence-corrected chi connectivity index (χ3v) is 4.96. The Morgan fingerprint density at radius 3 is 2.22 bits per heavy atom. The molecular weight excluding hydrogens is 314 g/mol. The predicted molar refractivity (Wildman–Crippen MR) is 89.5 cm³/mol. The Labute approximate surface area is 137 Å². The second-order valence-electron chi connectivity index (χ2n) is 5.28. The van der Waals surface area contributed by atoms with E-state index < -0.39 is 10.0 Å². The molecule has 6 heteroatoms. The van der Waals surface area contributed by atoms with Crippen molar-refractivity contribution in [1.82, 2.24) is 4.72 Å². The molecule has 0 saturated heterocycles. The molecule has 0 fully saturated rings. The number of benzene rings is 2. The Kier molecular flexibility index (Phi) is 5.28. The number of hydrogen-bond donors (Lipinski definition) is 1. The number of ether oxygens (including phenoxy) is 2. The molecule has 2 aromatic carbocycles. The number of rotatable bonds is 6. The first-order valence-electron chi connectivity index (χ1n) is 7.15. The van der Waals surface area contributed by atoms with Gasteiger partial charge in [-0.3, -0.25) is 0 Å². The Hall–Kier alpha value is -2.05. The van der Waals surface area contributed by atoms with Crippen LogP contribution in [0.3, 0.4) is 0 Å². The first-order valence-corrected chi connectivity index (χ1v) is 8.63. The zero-order valence-electron chi connectivity index (χ0n) is 13.7. The molecule has 0 amide bonds. The zero-order valence-corrected chi connectivity index (χ0v) is 14.5. The summed E-state index contributed by atoms with van der Waals surface area (Å²) in [7, 11) is -0.598. The van der Waals surface area contributed by atoms with E-state index in [1.165, 1.54) is 7.11 Å². The van der Waals surface area contributed by atoms with Crippen LogP contribution in [-0.4, -0.2) is 22.6 Å². The third kappa shape index (κ3) is 4.03. The van der Waals surface area contributed by atoms with Gasteiger partial charge in [0, 0.05) is 6.54 Å². The van der Waals surface area contributed by atoms with E-state index in [2.05, 4.69) is 4.72 Å². The van der Waals surface area contributed by atoms with Crippen molar-refractivity contribution in [3.05, 3.63) is 53.1 Å². The minimum atomic E-state index is -3.66. The molecule has 0 aliphatic heterocycles. The summed E-state index contributed by atoms with van der Waals surface area (Å²) in [5.41, 5.74) is 2.67. The topological polar surface area (TPSA) is 64.6 Å². The van der Waals surface area contributed by atoms with Crippen molar-refractivity contribution in [2.24, 2.45) is 0 Å². The molecule has 0 heterocycles. The number of aryl methyl sites for hydroxylation is 2. The highest BCUT2D eigenvalue weighted by molar-refractivity contribution is 7.89. The normalized spacial score (nSPS) is 11.3. The second kappa shape index (κ2) is 7.02. The highest BCUT2D eigenvalue weighted by atomic mass is 32.2. The lowest BCUT2D eigenvalue weighted by Gasteiger charge is -2.12. The predicted octanol–water partition coefficient (Wildman–Crippen LogP) is 2.80. The van der Waals surface area contributed by atoms with Gasteiger partial charge in [-0.1, -0.05) is 18.2 Å². The molecule has 0 aliphatic carbocycles. The van der Waals surface area contributed by atoms with Crippen LogP contribution in [0.5, 0.6) is 11.5 Å². The molecule has 124 valence electrons. The molecule has 0 aromatic heterocycles. The van der Waals surface area contributed by atoms with Gasteiger partial charge in [0.15, 0.2) is 0 Å². The molecular formula is C17H21NO4S. The molecule has 0 radical (unpaired) electrons. The number of sulfonamides is 1. The second-order valence-corrected chi connectivity index (χ2v) is 7.02. The molecule has 23 heavy (non-hydrogen) atoms. The Bertz CT molecular complexity index is 800. The van der Waals surface area contributed by atoms with Gasteiger partial charge in [0.05, 0.1) is 14.2 Å². The van der Waals surface area contributed by atoms with E-state index in [-0.39, 0.29) is 11.4 Å². The molecule has 1 N–H and O–H groups in total. The van der Waals surface area contributed by atoms with E-state index in [1.807, 2.05) is 38.1 Å². The lowest BCUT2D eigenvalue weighted by atomic mass is 10.1. The van der Waals surface area contributed by atoms with Crippen LogP contribution in [0.1, 0.15) is 16.7 Å². The SMILES string of the molecule is COc1ccc(CNS(=O)(=O)c2cc(C)ccc2OC)cc1C. The minimum Gasteiger partial charge on any atom is -0.496 e. The molecule has 2 aromatic rings. The van der Waals surface area contributed by atoms with Crippen LogP contribution in [0.25, 0.3) is 0 Å². The molecule has 0 spiro atoms. The van der Waals surface area contributed by atoms with Crippen molar-refractivity contribution < 1.29 is 17.9 Å². The minimum absolute atomic E-state index is 0.144. The molecule has 5 nitrogen and oxygen atoms in total. The highest BCUT2D eigenvalue weighted by Crippen LogP contribution is 2.25. The monoisotopic (exact) mass is 335 g/mol. The fraction of sp³-hybridized carbons (Fsp3) is 0.294. The largest absolute Gasteiger partial charge is 0.496 e. The third-order valence-electron chi connectivity index (χ3n) is 3.53. The summed E-state index contributed by atoms with van der Waals surface area (Å²) in [4.78, 5) is 0.144. The van der Waals surface area contributed by atoms with Crippen molar-refractivity contribution in [2.45, 2.75) is 25.3 Å². The van der Waals surface area contributed by atoms with Crippen molar-refractivity contribution in [3.8, 4) is 11.5 Å². The Balaban J connectivity index is 2.22. The van der Waals surface area contributed by atoms with Crippen molar-refractivity contribution in [3.63, 3.8) is 0 Å². The van der Waals surface area contributed by atoms with Gasteiger partial charge in [-0.2, -0.15) is 0 Å². The van der Waals surface area contributed by atoms with Gasteiger partial charge in [-0.05, 0) is 48.7 Å². The lowest BCUT2D eigenvalue weighted by Crippen LogP contribution is -2.24. The van der Waals surface area contributed by atoms with E-state index in [0.717, 1.165) is 22.4 Å². The molecule has 0 aliphatic rings. The van der Waals surface area contributed by atoms with Crippen LogP contribution in [0, 0.1) is 13.8 Å². The van der Waals surface area contributed by atoms with Crippen LogP contribution < -0.4 is 14.2 Å². The van der Waals surface area contributed by atoms with Crippen molar-refractivity contribution in [1.29, 1.82) is 0 Å². The fourth-order valence-corrected chi connectivity index (χ4v) is 3.57. The van der Waals surface area contributed by atoms with Crippen LogP contribution in [-0.2, 0) is 16.6 Å². The Morgan fingerprint density at radius 2 is 1.61 bits per heavy atom. The van der Waals surface area contributed by atoms with Crippen LogP contribution >= 0.6 is 0 Å². The van der Waals surface area contributed by atoms with Gasteiger partial charge >= 0.3 is 0 Å². The average molecular weight is 335 g/mol. The first kappa shape index (κ1) is 17.3. The summed E-state index contributed by atoms with van der Waals surface area (Å²) in [5, 5.41) is 0. The molecule has 0 bridgehead atoms. The molecule has 0 unspecified atom stereocenters. The maximum Gasteiger partial charge on any atom is 0.244 e. The van der Waals surface area contributed by atoms with E-state index in [1.54, 1.807) is 19.2 Å². The number of methoxy groups -OCH3 is 2. The fourth-order valence-electron chi connectivity index (χ4n) is 2.30. The summed E-state index contributed by atoms with van der Waals surface area (Å²) in [6.45, 7) is 3.95. The van der Waals surface area contributed by atoms with Crippen LogP contribution in [0.2, 0.25) is 0 Å². The van der Waals surface area contributed by atoms with Gasteiger partial charge in [-0.15, -0.1) is 0 Å². The molecule has 0 saturated carbocycles. The van der Waals surface area contributed by atoms with Gasteiger partial charge < -0.3 is 9.47 Å². The van der Waals surface area contributed by atoms with Gasteiger partial charge in [0.25, 0.3) is 0 Å². The van der Waals surface area contributed by atoms with Crippen LogP contribution in [0.4, 0.5) is 0 Å². The smallest absolute Gasteiger partial charge is 0.244 e. The number of hydrogen-bond acceptors (Lipinski definition) is 4. The summed E-state index contributed by atoms with van der Waals surface area (Å²) in [5.74, 6) is 1.10. The van der Waals surface area contributed by atoms with Gasteiger partial charge in [0.2, 0.25) is 10.0 Å². The molecule has 2 rings (SSSR count). The quantitative estimate of drug-likeness (QED) is 0.882. The Morgan fingerprint density at radius 1 is 0.957 bits per heavy atom. The van der Waals surface area contributed by atoms with E-state index in [9.17, 15) is 8.42 Å². The summed E-state index contributed by atoms with van der Waals surface area (Å²) in [6.07, 6.45) is 0. The summed E-state index contributed by atoms with van der Waals surface area (Å²) >= 11 is 0. The van der Waals surface area contributed by atoms with E-state index in [4.69, 9.17) is 9.47 Å². The molecule has 0 atom stereocenters.